The highest BCUT2D eigenvalue weighted by Crippen LogP contribution is 2.27. The molecule has 1 aromatic carbocycles. The molecule has 0 bridgehead atoms. The Kier molecular flexibility index (Phi) is 4.09. The number of carbonyl (C=O) groups is 2. The summed E-state index contributed by atoms with van der Waals surface area (Å²) in [5, 5.41) is 0. The molecule has 0 saturated carbocycles. The highest BCUT2D eigenvalue weighted by atomic mass is 16.2. The van der Waals surface area contributed by atoms with Crippen LogP contribution in [-0.2, 0) is 16.0 Å². The van der Waals surface area contributed by atoms with Gasteiger partial charge in [0.25, 0.3) is 0 Å². The van der Waals surface area contributed by atoms with Crippen LogP contribution in [0.25, 0.3) is 0 Å². The van der Waals surface area contributed by atoms with Crippen molar-refractivity contribution in [2.75, 3.05) is 42.5 Å². The molecule has 2 aliphatic heterocycles. The predicted molar refractivity (Wildman–Crippen MR) is 95.5 cm³/mol. The standard InChI is InChI=1S/C19H20N4O2/c24-18(19(25)23-10-8-15-5-1-2-6-16(15)23)22-13-11-21(12-14-22)17-7-3-4-9-20-17/h1-7,9H,8,10-14H2. The summed E-state index contributed by atoms with van der Waals surface area (Å²) >= 11 is 0. The van der Waals surface area contributed by atoms with Crippen LogP contribution in [0.2, 0.25) is 0 Å². The van der Waals surface area contributed by atoms with Crippen LogP contribution in [0, 0.1) is 0 Å². The summed E-state index contributed by atoms with van der Waals surface area (Å²) in [6.07, 6.45) is 2.57. The molecule has 2 amide bonds. The van der Waals surface area contributed by atoms with Gasteiger partial charge >= 0.3 is 11.8 Å². The lowest BCUT2D eigenvalue weighted by Gasteiger charge is -2.35. The van der Waals surface area contributed by atoms with Crippen LogP contribution in [0.5, 0.6) is 0 Å². The average molecular weight is 336 g/mol. The molecule has 0 N–H and O–H groups in total. The second kappa shape index (κ2) is 6.55. The third-order valence-corrected chi connectivity index (χ3v) is 4.86. The third-order valence-electron chi connectivity index (χ3n) is 4.86. The molecule has 1 fully saturated rings. The van der Waals surface area contributed by atoms with Gasteiger partial charge in [-0.1, -0.05) is 24.3 Å². The summed E-state index contributed by atoms with van der Waals surface area (Å²) in [5.41, 5.74) is 2.00. The van der Waals surface area contributed by atoms with E-state index < -0.39 is 11.8 Å². The van der Waals surface area contributed by atoms with Gasteiger partial charge < -0.3 is 14.7 Å². The Hall–Kier alpha value is -2.89. The Balaban J connectivity index is 1.40. The van der Waals surface area contributed by atoms with E-state index in [1.807, 2.05) is 42.5 Å². The molecule has 0 atom stereocenters. The van der Waals surface area contributed by atoms with E-state index in [4.69, 9.17) is 0 Å². The van der Waals surface area contributed by atoms with Crippen LogP contribution in [0.3, 0.4) is 0 Å². The number of hydrogen-bond donors (Lipinski definition) is 0. The van der Waals surface area contributed by atoms with Crippen molar-refractivity contribution in [1.29, 1.82) is 0 Å². The van der Waals surface area contributed by atoms with Crippen LogP contribution in [0.1, 0.15) is 5.56 Å². The van der Waals surface area contributed by atoms with Crippen LogP contribution in [0.4, 0.5) is 11.5 Å². The van der Waals surface area contributed by atoms with Gasteiger partial charge in [-0.25, -0.2) is 4.98 Å². The number of rotatable bonds is 1. The molecule has 3 heterocycles. The largest absolute Gasteiger partial charge is 0.353 e. The first-order chi connectivity index (χ1) is 12.2. The maximum absolute atomic E-state index is 12.7. The number of pyridine rings is 1. The Morgan fingerprint density at radius 2 is 1.60 bits per heavy atom. The Labute approximate surface area is 146 Å². The normalized spacial score (nSPS) is 16.7. The molecule has 2 aromatic rings. The molecule has 0 radical (unpaired) electrons. The summed E-state index contributed by atoms with van der Waals surface area (Å²) in [6.45, 7) is 3.03. The maximum atomic E-state index is 12.7. The lowest BCUT2D eigenvalue weighted by Crippen LogP contribution is -2.53. The van der Waals surface area contributed by atoms with Gasteiger partial charge in [-0.3, -0.25) is 9.59 Å². The Bertz CT molecular complexity index is 785. The number of fused-ring (bicyclic) bond motifs is 1. The Morgan fingerprint density at radius 3 is 2.36 bits per heavy atom. The number of piperazine rings is 1. The van der Waals surface area contributed by atoms with Gasteiger partial charge in [0.05, 0.1) is 0 Å². The highest BCUT2D eigenvalue weighted by molar-refractivity contribution is 6.40. The van der Waals surface area contributed by atoms with Crippen molar-refractivity contribution in [3.63, 3.8) is 0 Å². The average Bonchev–Trinajstić information content (AvgIpc) is 3.12. The topological polar surface area (TPSA) is 56.8 Å². The summed E-state index contributed by atoms with van der Waals surface area (Å²) < 4.78 is 0. The van der Waals surface area contributed by atoms with Gasteiger partial charge in [-0.15, -0.1) is 0 Å². The number of aromatic nitrogens is 1. The van der Waals surface area contributed by atoms with Gasteiger partial charge in [0.1, 0.15) is 5.82 Å². The lowest BCUT2D eigenvalue weighted by atomic mass is 10.2. The molecule has 6 heteroatoms. The molecule has 0 spiro atoms. The minimum atomic E-state index is -0.420. The van der Waals surface area contributed by atoms with E-state index >= 15 is 0 Å². The number of para-hydroxylation sites is 1. The summed E-state index contributed by atoms with van der Waals surface area (Å²) in [5.74, 6) is 0.0861. The number of nitrogens with zero attached hydrogens (tertiary/aromatic N) is 4. The van der Waals surface area contributed by atoms with E-state index in [1.54, 1.807) is 16.0 Å². The molecule has 128 valence electrons. The summed E-state index contributed by atoms with van der Waals surface area (Å²) in [4.78, 5) is 35.1. The number of anilines is 2. The maximum Gasteiger partial charge on any atom is 0.316 e. The van der Waals surface area contributed by atoms with Crippen LogP contribution < -0.4 is 9.80 Å². The molecule has 25 heavy (non-hydrogen) atoms. The number of amides is 2. The van der Waals surface area contributed by atoms with Crippen molar-refractivity contribution in [1.82, 2.24) is 9.88 Å². The fourth-order valence-corrected chi connectivity index (χ4v) is 3.48. The molecular formula is C19H20N4O2. The molecule has 0 unspecified atom stereocenters. The van der Waals surface area contributed by atoms with Gasteiger partial charge in [-0.2, -0.15) is 0 Å². The second-order valence-electron chi connectivity index (χ2n) is 6.30. The predicted octanol–water partition coefficient (Wildman–Crippen LogP) is 1.32. The molecule has 4 rings (SSSR count). The zero-order chi connectivity index (χ0) is 17.2. The molecule has 1 aromatic heterocycles. The molecule has 0 aliphatic carbocycles. The van der Waals surface area contributed by atoms with Crippen LogP contribution >= 0.6 is 0 Å². The minimum Gasteiger partial charge on any atom is -0.353 e. The van der Waals surface area contributed by atoms with Gasteiger partial charge in [0, 0.05) is 44.6 Å². The van der Waals surface area contributed by atoms with Crippen molar-refractivity contribution in [2.24, 2.45) is 0 Å². The van der Waals surface area contributed by atoms with Crippen LogP contribution in [-0.4, -0.2) is 54.4 Å². The number of carbonyl (C=O) groups excluding carboxylic acids is 2. The lowest BCUT2D eigenvalue weighted by molar-refractivity contribution is -0.144. The van der Waals surface area contributed by atoms with Crippen molar-refractivity contribution in [3.05, 3.63) is 54.2 Å². The quantitative estimate of drug-likeness (QED) is 0.737. The van der Waals surface area contributed by atoms with E-state index in [-0.39, 0.29) is 0 Å². The van der Waals surface area contributed by atoms with E-state index in [1.165, 1.54) is 0 Å². The van der Waals surface area contributed by atoms with Crippen molar-refractivity contribution < 1.29 is 9.59 Å². The van der Waals surface area contributed by atoms with E-state index in [0.717, 1.165) is 23.5 Å². The SMILES string of the molecule is O=C(C(=O)N1CCc2ccccc21)N1CCN(c2ccccn2)CC1. The highest BCUT2D eigenvalue weighted by Gasteiger charge is 2.33. The fraction of sp³-hybridized carbons (Fsp3) is 0.316. The van der Waals surface area contributed by atoms with Crippen molar-refractivity contribution >= 4 is 23.3 Å². The third kappa shape index (κ3) is 2.95. The monoisotopic (exact) mass is 336 g/mol. The first-order valence-electron chi connectivity index (χ1n) is 8.59. The van der Waals surface area contributed by atoms with Gasteiger partial charge in [0.2, 0.25) is 0 Å². The molecule has 2 aliphatic rings. The zero-order valence-corrected chi connectivity index (χ0v) is 14.0. The van der Waals surface area contributed by atoms with E-state index in [0.29, 0.717) is 32.7 Å². The summed E-state index contributed by atoms with van der Waals surface area (Å²) in [7, 11) is 0. The zero-order valence-electron chi connectivity index (χ0n) is 14.0. The fourth-order valence-electron chi connectivity index (χ4n) is 3.48. The molecular weight excluding hydrogens is 316 g/mol. The molecule has 1 saturated heterocycles. The second-order valence-corrected chi connectivity index (χ2v) is 6.30. The Morgan fingerprint density at radius 1 is 0.840 bits per heavy atom. The molecule has 6 nitrogen and oxygen atoms in total. The number of benzene rings is 1. The van der Waals surface area contributed by atoms with E-state index in [9.17, 15) is 9.59 Å². The first-order valence-corrected chi connectivity index (χ1v) is 8.59. The smallest absolute Gasteiger partial charge is 0.316 e. The van der Waals surface area contributed by atoms with E-state index in [2.05, 4.69) is 9.88 Å². The van der Waals surface area contributed by atoms with Gasteiger partial charge in [-0.05, 0) is 30.2 Å². The first kappa shape index (κ1) is 15.6. The van der Waals surface area contributed by atoms with Gasteiger partial charge in [0.15, 0.2) is 0 Å². The van der Waals surface area contributed by atoms with Crippen LogP contribution in [0.15, 0.2) is 48.7 Å². The van der Waals surface area contributed by atoms with Crippen molar-refractivity contribution in [2.45, 2.75) is 6.42 Å². The summed E-state index contributed by atoms with van der Waals surface area (Å²) in [6, 6.07) is 13.6. The number of hydrogen-bond acceptors (Lipinski definition) is 4. The van der Waals surface area contributed by atoms with Crippen molar-refractivity contribution in [3.8, 4) is 0 Å². The minimum absolute atomic E-state index is 0.405.